The highest BCUT2D eigenvalue weighted by Crippen LogP contribution is 2.25. The van der Waals surface area contributed by atoms with Crippen molar-refractivity contribution in [3.05, 3.63) is 35.1 Å². The third-order valence-electron chi connectivity index (χ3n) is 4.36. The number of furan rings is 1. The number of hydrogen-bond donors (Lipinski definition) is 1. The second kappa shape index (κ2) is 6.44. The number of nitrogens with one attached hydrogen (secondary N) is 1. The van der Waals surface area contributed by atoms with Gasteiger partial charge in [-0.1, -0.05) is 0 Å². The predicted molar refractivity (Wildman–Crippen MR) is 86.1 cm³/mol. The molecule has 1 aromatic carbocycles. The number of amides is 1. The summed E-state index contributed by atoms with van der Waals surface area (Å²) in [7, 11) is 0. The zero-order valence-corrected chi connectivity index (χ0v) is 13.5. The van der Waals surface area contributed by atoms with Gasteiger partial charge in [-0.15, -0.1) is 0 Å². The maximum absolute atomic E-state index is 12.2. The normalized spacial score (nSPS) is 18.5. The Bertz CT molecular complexity index is 747. The van der Waals surface area contributed by atoms with E-state index >= 15 is 0 Å². The van der Waals surface area contributed by atoms with E-state index in [1.165, 1.54) is 0 Å². The van der Waals surface area contributed by atoms with E-state index < -0.39 is 12.1 Å². The number of fused-ring (bicyclic) bond motifs is 1. The van der Waals surface area contributed by atoms with Crippen LogP contribution in [0.2, 0.25) is 0 Å². The SMILES string of the molecule is Cc1cc2occ(CC(=O)O[C@H]3CCCCNC3=O)c2cc1C. The molecule has 5 nitrogen and oxygen atoms in total. The molecule has 0 aliphatic carbocycles. The zero-order valence-electron chi connectivity index (χ0n) is 13.5. The number of hydrogen-bond acceptors (Lipinski definition) is 4. The van der Waals surface area contributed by atoms with Gasteiger partial charge >= 0.3 is 5.97 Å². The van der Waals surface area contributed by atoms with Gasteiger partial charge in [-0.25, -0.2) is 0 Å². The first-order valence-corrected chi connectivity index (χ1v) is 7.99. The summed E-state index contributed by atoms with van der Waals surface area (Å²) in [6.07, 6.45) is 3.42. The molecule has 1 saturated heterocycles. The van der Waals surface area contributed by atoms with Crippen molar-refractivity contribution < 1.29 is 18.7 Å². The Balaban J connectivity index is 1.72. The summed E-state index contributed by atoms with van der Waals surface area (Å²) < 4.78 is 10.9. The molecule has 2 aromatic rings. The molecule has 1 aliphatic rings. The van der Waals surface area contributed by atoms with Gasteiger partial charge in [0, 0.05) is 17.5 Å². The molecule has 1 aromatic heterocycles. The number of ether oxygens (including phenoxy) is 1. The lowest BCUT2D eigenvalue weighted by molar-refractivity contribution is -0.155. The lowest BCUT2D eigenvalue weighted by Gasteiger charge is -2.14. The van der Waals surface area contributed by atoms with Crippen molar-refractivity contribution in [2.75, 3.05) is 6.54 Å². The first kappa shape index (κ1) is 15.6. The van der Waals surface area contributed by atoms with E-state index in [1.54, 1.807) is 6.26 Å². The predicted octanol–water partition coefficient (Wildman–Crippen LogP) is 2.80. The molecule has 1 N–H and O–H groups in total. The second-order valence-corrected chi connectivity index (χ2v) is 6.14. The Morgan fingerprint density at radius 2 is 2.09 bits per heavy atom. The molecule has 0 saturated carbocycles. The van der Waals surface area contributed by atoms with Gasteiger partial charge in [0.15, 0.2) is 6.10 Å². The topological polar surface area (TPSA) is 68.5 Å². The van der Waals surface area contributed by atoms with Gasteiger partial charge in [0.2, 0.25) is 0 Å². The number of carbonyl (C=O) groups is 2. The van der Waals surface area contributed by atoms with Crippen LogP contribution in [0.4, 0.5) is 0 Å². The minimum atomic E-state index is -0.674. The van der Waals surface area contributed by atoms with Crippen LogP contribution in [0.1, 0.15) is 36.0 Å². The van der Waals surface area contributed by atoms with Crippen molar-refractivity contribution in [2.45, 2.75) is 45.6 Å². The van der Waals surface area contributed by atoms with Crippen LogP contribution >= 0.6 is 0 Å². The minimum Gasteiger partial charge on any atom is -0.464 e. The molecule has 1 atom stereocenters. The van der Waals surface area contributed by atoms with E-state index in [0.717, 1.165) is 40.5 Å². The van der Waals surface area contributed by atoms with E-state index in [4.69, 9.17) is 9.15 Å². The van der Waals surface area contributed by atoms with Crippen molar-refractivity contribution in [1.29, 1.82) is 0 Å². The lowest BCUT2D eigenvalue weighted by Crippen LogP contribution is -2.36. The smallest absolute Gasteiger partial charge is 0.311 e. The summed E-state index contributed by atoms with van der Waals surface area (Å²) in [5.41, 5.74) is 3.86. The van der Waals surface area contributed by atoms with Gasteiger partial charge in [-0.3, -0.25) is 9.59 Å². The molecule has 0 bridgehead atoms. The van der Waals surface area contributed by atoms with Crippen molar-refractivity contribution in [2.24, 2.45) is 0 Å². The van der Waals surface area contributed by atoms with Crippen LogP contribution in [-0.2, 0) is 20.7 Å². The van der Waals surface area contributed by atoms with Gasteiger partial charge < -0.3 is 14.5 Å². The molecule has 1 fully saturated rings. The first-order chi connectivity index (χ1) is 11.0. The molecular formula is C18H21NO4. The quantitative estimate of drug-likeness (QED) is 0.884. The van der Waals surface area contributed by atoms with Crippen LogP contribution in [0.15, 0.2) is 22.8 Å². The van der Waals surface area contributed by atoms with Crippen molar-refractivity contribution >= 4 is 22.8 Å². The Kier molecular flexibility index (Phi) is 4.37. The molecule has 5 heteroatoms. The number of benzene rings is 1. The van der Waals surface area contributed by atoms with Crippen molar-refractivity contribution in [3.8, 4) is 0 Å². The number of rotatable bonds is 3. The van der Waals surface area contributed by atoms with Gasteiger partial charge in [-0.2, -0.15) is 0 Å². The van der Waals surface area contributed by atoms with Crippen molar-refractivity contribution in [1.82, 2.24) is 5.32 Å². The van der Waals surface area contributed by atoms with E-state index in [-0.39, 0.29) is 12.3 Å². The third-order valence-corrected chi connectivity index (χ3v) is 4.36. The van der Waals surface area contributed by atoms with E-state index in [0.29, 0.717) is 13.0 Å². The van der Waals surface area contributed by atoms with Gasteiger partial charge in [0.25, 0.3) is 5.91 Å². The Morgan fingerprint density at radius 3 is 2.91 bits per heavy atom. The van der Waals surface area contributed by atoms with Crippen molar-refractivity contribution in [3.63, 3.8) is 0 Å². The third kappa shape index (κ3) is 3.38. The highest BCUT2D eigenvalue weighted by atomic mass is 16.5. The molecule has 1 amide bonds. The monoisotopic (exact) mass is 315 g/mol. The van der Waals surface area contributed by atoms with E-state index in [9.17, 15) is 9.59 Å². The summed E-state index contributed by atoms with van der Waals surface area (Å²) in [6.45, 7) is 4.70. The highest BCUT2D eigenvalue weighted by Gasteiger charge is 2.25. The lowest BCUT2D eigenvalue weighted by atomic mass is 10.0. The molecule has 23 heavy (non-hydrogen) atoms. The Morgan fingerprint density at radius 1 is 1.30 bits per heavy atom. The van der Waals surface area contributed by atoms with Crippen LogP contribution in [0.3, 0.4) is 0 Å². The fourth-order valence-corrected chi connectivity index (χ4v) is 2.85. The summed E-state index contributed by atoms with van der Waals surface area (Å²) in [5, 5.41) is 3.69. The largest absolute Gasteiger partial charge is 0.464 e. The minimum absolute atomic E-state index is 0.110. The molecule has 122 valence electrons. The molecular weight excluding hydrogens is 294 g/mol. The molecule has 1 aliphatic heterocycles. The Hall–Kier alpha value is -2.30. The molecule has 3 rings (SSSR count). The fourth-order valence-electron chi connectivity index (χ4n) is 2.85. The highest BCUT2D eigenvalue weighted by molar-refractivity contribution is 5.88. The second-order valence-electron chi connectivity index (χ2n) is 6.14. The maximum Gasteiger partial charge on any atom is 0.311 e. The average Bonchev–Trinajstić information content (AvgIpc) is 2.75. The van der Waals surface area contributed by atoms with Crippen LogP contribution in [-0.4, -0.2) is 24.5 Å². The molecule has 0 radical (unpaired) electrons. The fraction of sp³-hybridized carbons (Fsp3) is 0.444. The molecule has 0 spiro atoms. The van der Waals surface area contributed by atoms with E-state index in [2.05, 4.69) is 5.32 Å². The number of carbonyl (C=O) groups excluding carboxylic acids is 2. The molecule has 0 unspecified atom stereocenters. The summed E-state index contributed by atoms with van der Waals surface area (Å²) in [5.74, 6) is -0.590. The number of aryl methyl sites for hydroxylation is 2. The van der Waals surface area contributed by atoms with Crippen LogP contribution in [0.25, 0.3) is 11.0 Å². The van der Waals surface area contributed by atoms with Crippen LogP contribution in [0, 0.1) is 13.8 Å². The summed E-state index contributed by atoms with van der Waals surface area (Å²) >= 11 is 0. The summed E-state index contributed by atoms with van der Waals surface area (Å²) in [6, 6.07) is 3.99. The average molecular weight is 315 g/mol. The maximum atomic E-state index is 12.2. The summed E-state index contributed by atoms with van der Waals surface area (Å²) in [4.78, 5) is 24.0. The standard InChI is InChI=1S/C18H21NO4/c1-11-7-14-13(10-22-16(14)8-12(11)2)9-17(20)23-15-5-3-4-6-19-18(15)21/h7-8,10,15H,3-6,9H2,1-2H3,(H,19,21)/t15-/m0/s1. The van der Waals surface area contributed by atoms with Gasteiger partial charge in [0.1, 0.15) is 5.58 Å². The number of esters is 1. The van der Waals surface area contributed by atoms with Crippen LogP contribution in [0.5, 0.6) is 0 Å². The Labute approximate surface area is 135 Å². The van der Waals surface area contributed by atoms with Gasteiger partial charge in [0.05, 0.1) is 12.7 Å². The van der Waals surface area contributed by atoms with Gasteiger partial charge in [-0.05, 0) is 56.4 Å². The molecule has 2 heterocycles. The zero-order chi connectivity index (χ0) is 16.4. The van der Waals surface area contributed by atoms with Crippen LogP contribution < -0.4 is 5.32 Å². The van der Waals surface area contributed by atoms with E-state index in [1.807, 2.05) is 26.0 Å². The first-order valence-electron chi connectivity index (χ1n) is 7.99.